The molecule has 1 aliphatic rings. The summed E-state index contributed by atoms with van der Waals surface area (Å²) in [5.41, 5.74) is 5.34. The Kier molecular flexibility index (Phi) is 7.12. The molecule has 2 rings (SSSR count). The molecule has 1 saturated heterocycles. The molecule has 1 fully saturated rings. The van der Waals surface area contributed by atoms with Crippen LogP contribution in [0.2, 0.25) is 0 Å². The first kappa shape index (κ1) is 19.1. The standard InChI is InChI=1S/C17H28N6O2/c1-4-5-6-9-23-13(3)14(12(2)22-23)11-20-21-16(24)10-15-17(25)19-8-7-18-15/h11,15,18H,4-10H2,1-3H3,(H,19,25)(H,21,24)/b20-11-/t15-/m0/s1. The summed E-state index contributed by atoms with van der Waals surface area (Å²) in [5.74, 6) is -0.443. The van der Waals surface area contributed by atoms with Crippen molar-refractivity contribution >= 4 is 18.0 Å². The Labute approximate surface area is 148 Å². The van der Waals surface area contributed by atoms with E-state index in [0.717, 1.165) is 29.9 Å². The quantitative estimate of drug-likeness (QED) is 0.364. The van der Waals surface area contributed by atoms with Gasteiger partial charge in [-0.3, -0.25) is 14.3 Å². The summed E-state index contributed by atoms with van der Waals surface area (Å²) in [7, 11) is 0. The highest BCUT2D eigenvalue weighted by Crippen LogP contribution is 2.12. The van der Waals surface area contributed by atoms with Crippen LogP contribution in [0.4, 0.5) is 0 Å². The van der Waals surface area contributed by atoms with Gasteiger partial charge >= 0.3 is 0 Å². The van der Waals surface area contributed by atoms with E-state index in [-0.39, 0.29) is 18.2 Å². The van der Waals surface area contributed by atoms with Gasteiger partial charge in [0.2, 0.25) is 11.8 Å². The highest BCUT2D eigenvalue weighted by Gasteiger charge is 2.23. The van der Waals surface area contributed by atoms with E-state index in [9.17, 15) is 9.59 Å². The number of hydrogen-bond acceptors (Lipinski definition) is 5. The molecule has 138 valence electrons. The van der Waals surface area contributed by atoms with Gasteiger partial charge in [0.25, 0.3) is 0 Å². The zero-order valence-corrected chi connectivity index (χ0v) is 15.3. The van der Waals surface area contributed by atoms with E-state index in [1.165, 1.54) is 12.8 Å². The number of aryl methyl sites for hydroxylation is 2. The van der Waals surface area contributed by atoms with Gasteiger partial charge in [-0.2, -0.15) is 10.2 Å². The highest BCUT2D eigenvalue weighted by atomic mass is 16.2. The molecule has 25 heavy (non-hydrogen) atoms. The van der Waals surface area contributed by atoms with E-state index >= 15 is 0 Å². The minimum Gasteiger partial charge on any atom is -0.353 e. The zero-order valence-electron chi connectivity index (χ0n) is 15.3. The molecule has 8 nitrogen and oxygen atoms in total. The number of amides is 2. The molecule has 0 aromatic carbocycles. The molecular weight excluding hydrogens is 320 g/mol. The topological polar surface area (TPSA) is 100 Å². The lowest BCUT2D eigenvalue weighted by Gasteiger charge is -2.22. The van der Waals surface area contributed by atoms with Crippen molar-refractivity contribution in [3.63, 3.8) is 0 Å². The van der Waals surface area contributed by atoms with E-state index in [4.69, 9.17) is 0 Å². The summed E-state index contributed by atoms with van der Waals surface area (Å²) >= 11 is 0. The Balaban J connectivity index is 1.88. The third kappa shape index (κ3) is 5.38. The summed E-state index contributed by atoms with van der Waals surface area (Å²) in [6.45, 7) is 8.27. The van der Waals surface area contributed by atoms with Crippen molar-refractivity contribution < 1.29 is 9.59 Å². The van der Waals surface area contributed by atoms with Crippen LogP contribution in [0.25, 0.3) is 0 Å². The molecule has 0 bridgehead atoms. The van der Waals surface area contributed by atoms with Gasteiger partial charge in [0, 0.05) is 30.9 Å². The molecule has 1 atom stereocenters. The van der Waals surface area contributed by atoms with E-state index < -0.39 is 6.04 Å². The predicted molar refractivity (Wildman–Crippen MR) is 96.4 cm³/mol. The van der Waals surface area contributed by atoms with Crippen molar-refractivity contribution in [1.82, 2.24) is 25.8 Å². The minimum atomic E-state index is -0.492. The third-order valence-electron chi connectivity index (χ3n) is 4.31. The maximum absolute atomic E-state index is 11.9. The van der Waals surface area contributed by atoms with Gasteiger partial charge in [-0.05, 0) is 20.3 Å². The average Bonchev–Trinajstić information content (AvgIpc) is 2.85. The fourth-order valence-electron chi connectivity index (χ4n) is 2.84. The molecule has 1 aliphatic heterocycles. The fraction of sp³-hybridized carbons (Fsp3) is 0.647. The van der Waals surface area contributed by atoms with E-state index in [2.05, 4.69) is 33.2 Å². The van der Waals surface area contributed by atoms with Crippen molar-refractivity contribution in [1.29, 1.82) is 0 Å². The van der Waals surface area contributed by atoms with Crippen molar-refractivity contribution in [3.8, 4) is 0 Å². The maximum atomic E-state index is 11.9. The van der Waals surface area contributed by atoms with Crippen LogP contribution in [0.3, 0.4) is 0 Å². The minimum absolute atomic E-state index is 0.0669. The first-order chi connectivity index (χ1) is 12.0. The number of hydrogen-bond donors (Lipinski definition) is 3. The number of aromatic nitrogens is 2. The lowest BCUT2D eigenvalue weighted by Crippen LogP contribution is -2.54. The fourth-order valence-corrected chi connectivity index (χ4v) is 2.84. The number of piperazine rings is 1. The van der Waals surface area contributed by atoms with Gasteiger partial charge in [-0.25, -0.2) is 5.43 Å². The first-order valence-electron chi connectivity index (χ1n) is 8.90. The number of rotatable bonds is 8. The van der Waals surface area contributed by atoms with Gasteiger partial charge in [-0.1, -0.05) is 19.8 Å². The Hall–Kier alpha value is -2.22. The van der Waals surface area contributed by atoms with E-state index in [1.807, 2.05) is 18.5 Å². The van der Waals surface area contributed by atoms with E-state index in [0.29, 0.717) is 13.1 Å². The Bertz CT molecular complexity index is 637. The molecule has 3 N–H and O–H groups in total. The largest absolute Gasteiger partial charge is 0.353 e. The zero-order chi connectivity index (χ0) is 18.2. The van der Waals surface area contributed by atoms with Crippen molar-refractivity contribution in [2.24, 2.45) is 5.10 Å². The molecule has 2 heterocycles. The van der Waals surface area contributed by atoms with Crippen LogP contribution in [0, 0.1) is 13.8 Å². The molecule has 2 amide bonds. The van der Waals surface area contributed by atoms with Gasteiger partial charge in [-0.15, -0.1) is 0 Å². The molecule has 0 aliphatic carbocycles. The second-order valence-electron chi connectivity index (χ2n) is 6.31. The van der Waals surface area contributed by atoms with Crippen molar-refractivity contribution in [3.05, 3.63) is 17.0 Å². The smallest absolute Gasteiger partial charge is 0.242 e. The Morgan fingerprint density at radius 3 is 2.92 bits per heavy atom. The second kappa shape index (κ2) is 9.31. The van der Waals surface area contributed by atoms with Gasteiger partial charge in [0.1, 0.15) is 0 Å². The summed E-state index contributed by atoms with van der Waals surface area (Å²) in [5, 5.41) is 14.3. The normalized spacial score (nSPS) is 17.7. The number of nitrogens with one attached hydrogen (secondary N) is 3. The molecule has 8 heteroatoms. The van der Waals surface area contributed by atoms with Crippen LogP contribution in [-0.2, 0) is 16.1 Å². The lowest BCUT2D eigenvalue weighted by molar-refractivity contribution is -0.129. The Morgan fingerprint density at radius 2 is 2.20 bits per heavy atom. The molecule has 0 spiro atoms. The van der Waals surface area contributed by atoms with Gasteiger partial charge < -0.3 is 10.6 Å². The summed E-state index contributed by atoms with van der Waals surface area (Å²) in [4.78, 5) is 23.6. The molecule has 1 aromatic rings. The summed E-state index contributed by atoms with van der Waals surface area (Å²) < 4.78 is 1.99. The van der Waals surface area contributed by atoms with E-state index in [1.54, 1.807) is 6.21 Å². The van der Waals surface area contributed by atoms with Gasteiger partial charge in [0.15, 0.2) is 0 Å². The summed E-state index contributed by atoms with van der Waals surface area (Å²) in [6, 6.07) is -0.492. The van der Waals surface area contributed by atoms with Crippen molar-refractivity contribution in [2.45, 2.75) is 59.0 Å². The number of carbonyl (C=O) groups is 2. The van der Waals surface area contributed by atoms with Crippen molar-refractivity contribution in [2.75, 3.05) is 13.1 Å². The SMILES string of the molecule is CCCCCn1nc(C)c(/C=N\NC(=O)C[C@@H]2NCCNC2=O)c1C. The first-order valence-corrected chi connectivity index (χ1v) is 8.90. The number of unbranched alkanes of at least 4 members (excludes halogenated alkanes) is 2. The predicted octanol–water partition coefficient (Wildman–Crippen LogP) is 0.618. The lowest BCUT2D eigenvalue weighted by atomic mass is 10.1. The molecule has 0 radical (unpaired) electrons. The molecule has 1 aromatic heterocycles. The summed E-state index contributed by atoms with van der Waals surface area (Å²) in [6.07, 6.45) is 5.15. The molecule has 0 saturated carbocycles. The number of hydrazone groups is 1. The Morgan fingerprint density at radius 1 is 1.40 bits per heavy atom. The van der Waals surface area contributed by atoms with Crippen LogP contribution >= 0.6 is 0 Å². The maximum Gasteiger partial charge on any atom is 0.242 e. The average molecular weight is 348 g/mol. The van der Waals surface area contributed by atoms with Crippen LogP contribution in [0.5, 0.6) is 0 Å². The van der Waals surface area contributed by atoms with Crippen LogP contribution in [0.1, 0.15) is 49.6 Å². The van der Waals surface area contributed by atoms with Crippen LogP contribution < -0.4 is 16.1 Å². The second-order valence-corrected chi connectivity index (χ2v) is 6.31. The molecular formula is C17H28N6O2. The van der Waals surface area contributed by atoms with Gasteiger partial charge in [0.05, 0.1) is 24.4 Å². The number of nitrogens with zero attached hydrogens (tertiary/aromatic N) is 3. The monoisotopic (exact) mass is 348 g/mol. The highest BCUT2D eigenvalue weighted by molar-refractivity contribution is 5.89. The molecule has 0 unspecified atom stereocenters. The van der Waals surface area contributed by atoms with Crippen LogP contribution in [0.15, 0.2) is 5.10 Å². The van der Waals surface area contributed by atoms with Crippen LogP contribution in [-0.4, -0.2) is 46.9 Å². The third-order valence-corrected chi connectivity index (χ3v) is 4.31. The number of carbonyl (C=O) groups excluding carboxylic acids is 2.